The summed E-state index contributed by atoms with van der Waals surface area (Å²) in [6.45, 7) is 5.98. The standard InChI is InChI=1S/C25H31N3O/c1-19-24(20(2)28(27-19)18-21-9-5-4-6-10-21)17-26-25(15-7-8-16-25)22-11-13-23(29-3)14-12-22/h4-6,9-14,26H,7-8,15-18H2,1-3H3. The topological polar surface area (TPSA) is 39.1 Å². The van der Waals surface area contributed by atoms with E-state index in [1.165, 1.54) is 48.1 Å². The van der Waals surface area contributed by atoms with Crippen molar-refractivity contribution in [2.45, 2.75) is 58.2 Å². The summed E-state index contributed by atoms with van der Waals surface area (Å²) in [7, 11) is 1.72. The lowest BCUT2D eigenvalue weighted by atomic mass is 9.87. The van der Waals surface area contributed by atoms with Crippen LogP contribution in [0.25, 0.3) is 0 Å². The predicted molar refractivity (Wildman–Crippen MR) is 117 cm³/mol. The summed E-state index contributed by atoms with van der Waals surface area (Å²) in [5.74, 6) is 0.913. The van der Waals surface area contributed by atoms with Gasteiger partial charge in [-0.2, -0.15) is 5.10 Å². The number of benzene rings is 2. The Morgan fingerprint density at radius 2 is 1.69 bits per heavy atom. The Bertz CT molecular complexity index is 938. The Kier molecular flexibility index (Phi) is 5.72. The normalized spacial score (nSPS) is 15.6. The third-order valence-electron chi connectivity index (χ3n) is 6.41. The number of nitrogens with one attached hydrogen (secondary N) is 1. The van der Waals surface area contributed by atoms with Crippen LogP contribution in [0.2, 0.25) is 0 Å². The summed E-state index contributed by atoms with van der Waals surface area (Å²) in [5.41, 5.74) is 6.38. The van der Waals surface area contributed by atoms with Gasteiger partial charge in [0, 0.05) is 23.3 Å². The third kappa shape index (κ3) is 4.08. The van der Waals surface area contributed by atoms with Crippen LogP contribution in [-0.4, -0.2) is 16.9 Å². The molecule has 152 valence electrons. The highest BCUT2D eigenvalue weighted by Crippen LogP contribution is 2.39. The molecule has 0 bridgehead atoms. The zero-order chi connectivity index (χ0) is 20.3. The van der Waals surface area contributed by atoms with Gasteiger partial charge in [-0.1, -0.05) is 55.3 Å². The summed E-state index contributed by atoms with van der Waals surface area (Å²) >= 11 is 0. The lowest BCUT2D eigenvalue weighted by molar-refractivity contribution is 0.337. The fourth-order valence-electron chi connectivity index (χ4n) is 4.61. The molecule has 1 N–H and O–H groups in total. The Morgan fingerprint density at radius 1 is 1.00 bits per heavy atom. The fraction of sp³-hybridized carbons (Fsp3) is 0.400. The summed E-state index contributed by atoms with van der Waals surface area (Å²) in [5, 5.41) is 8.76. The van der Waals surface area contributed by atoms with Gasteiger partial charge in [-0.05, 0) is 49.9 Å². The van der Waals surface area contributed by atoms with Crippen molar-refractivity contribution in [2.75, 3.05) is 7.11 Å². The third-order valence-corrected chi connectivity index (χ3v) is 6.41. The molecule has 1 aliphatic carbocycles. The van der Waals surface area contributed by atoms with Crippen molar-refractivity contribution < 1.29 is 4.74 Å². The number of hydrogen-bond acceptors (Lipinski definition) is 3. The zero-order valence-corrected chi connectivity index (χ0v) is 17.7. The first-order valence-electron chi connectivity index (χ1n) is 10.6. The van der Waals surface area contributed by atoms with Crippen LogP contribution in [0.15, 0.2) is 54.6 Å². The van der Waals surface area contributed by atoms with E-state index in [1.54, 1.807) is 7.11 Å². The van der Waals surface area contributed by atoms with Crippen LogP contribution in [0.4, 0.5) is 0 Å². The molecule has 4 nitrogen and oxygen atoms in total. The van der Waals surface area contributed by atoms with Gasteiger partial charge in [0.2, 0.25) is 0 Å². The highest BCUT2D eigenvalue weighted by Gasteiger charge is 2.35. The molecule has 3 aromatic rings. The van der Waals surface area contributed by atoms with E-state index in [2.05, 4.69) is 78.4 Å². The van der Waals surface area contributed by atoms with E-state index < -0.39 is 0 Å². The number of aryl methyl sites for hydroxylation is 1. The minimum atomic E-state index is 0.0483. The lowest BCUT2D eigenvalue weighted by Crippen LogP contribution is -2.39. The second kappa shape index (κ2) is 8.42. The van der Waals surface area contributed by atoms with Crippen molar-refractivity contribution in [3.8, 4) is 5.75 Å². The molecule has 0 radical (unpaired) electrons. The Morgan fingerprint density at radius 3 is 2.34 bits per heavy atom. The second-order valence-electron chi connectivity index (χ2n) is 8.16. The SMILES string of the molecule is COc1ccc(C2(NCc3c(C)nn(Cc4ccccc4)c3C)CCCC2)cc1. The first kappa shape index (κ1) is 19.7. The molecule has 1 heterocycles. The molecule has 0 aliphatic heterocycles. The first-order chi connectivity index (χ1) is 14.1. The first-order valence-corrected chi connectivity index (χ1v) is 10.6. The van der Waals surface area contributed by atoms with E-state index in [0.717, 1.165) is 24.5 Å². The molecule has 4 rings (SSSR count). The highest BCUT2D eigenvalue weighted by atomic mass is 16.5. The smallest absolute Gasteiger partial charge is 0.118 e. The van der Waals surface area contributed by atoms with Crippen LogP contribution in [0.3, 0.4) is 0 Å². The average molecular weight is 390 g/mol. The van der Waals surface area contributed by atoms with Crippen LogP contribution < -0.4 is 10.1 Å². The summed E-state index contributed by atoms with van der Waals surface area (Å²) in [4.78, 5) is 0. The molecule has 0 spiro atoms. The van der Waals surface area contributed by atoms with Crippen molar-refractivity contribution in [1.29, 1.82) is 0 Å². The second-order valence-corrected chi connectivity index (χ2v) is 8.16. The van der Waals surface area contributed by atoms with E-state index in [0.29, 0.717) is 0 Å². The van der Waals surface area contributed by atoms with Gasteiger partial charge in [-0.25, -0.2) is 0 Å². The van der Waals surface area contributed by atoms with Crippen LogP contribution in [0.5, 0.6) is 5.75 Å². The van der Waals surface area contributed by atoms with Crippen molar-refractivity contribution in [3.05, 3.63) is 82.7 Å². The molecule has 1 aromatic heterocycles. The Balaban J connectivity index is 1.53. The molecule has 1 saturated carbocycles. The van der Waals surface area contributed by atoms with E-state index in [1.807, 2.05) is 0 Å². The number of nitrogens with zero attached hydrogens (tertiary/aromatic N) is 2. The van der Waals surface area contributed by atoms with Gasteiger partial charge >= 0.3 is 0 Å². The summed E-state index contributed by atoms with van der Waals surface area (Å²) < 4.78 is 7.48. The van der Waals surface area contributed by atoms with Gasteiger partial charge in [-0.3, -0.25) is 4.68 Å². The van der Waals surface area contributed by atoms with E-state index in [4.69, 9.17) is 9.84 Å². The number of hydrogen-bond donors (Lipinski definition) is 1. The largest absolute Gasteiger partial charge is 0.497 e. The zero-order valence-electron chi connectivity index (χ0n) is 17.7. The molecule has 0 unspecified atom stereocenters. The maximum atomic E-state index is 5.35. The Labute approximate surface area is 173 Å². The lowest BCUT2D eigenvalue weighted by Gasteiger charge is -2.31. The van der Waals surface area contributed by atoms with E-state index in [-0.39, 0.29) is 5.54 Å². The van der Waals surface area contributed by atoms with Crippen LogP contribution in [-0.2, 0) is 18.6 Å². The molecular weight excluding hydrogens is 358 g/mol. The molecule has 0 atom stereocenters. The van der Waals surface area contributed by atoms with E-state index >= 15 is 0 Å². The van der Waals surface area contributed by atoms with Crippen LogP contribution in [0.1, 0.15) is 53.8 Å². The highest BCUT2D eigenvalue weighted by molar-refractivity contribution is 5.33. The van der Waals surface area contributed by atoms with Gasteiger partial charge in [0.05, 0.1) is 19.3 Å². The van der Waals surface area contributed by atoms with Gasteiger partial charge in [-0.15, -0.1) is 0 Å². The number of aromatic nitrogens is 2. The number of ether oxygens (including phenoxy) is 1. The van der Waals surface area contributed by atoms with Crippen LogP contribution in [0, 0.1) is 13.8 Å². The van der Waals surface area contributed by atoms with Crippen LogP contribution >= 0.6 is 0 Å². The molecule has 29 heavy (non-hydrogen) atoms. The summed E-state index contributed by atoms with van der Waals surface area (Å²) in [6.07, 6.45) is 4.89. The fourth-order valence-corrected chi connectivity index (χ4v) is 4.61. The maximum absolute atomic E-state index is 5.35. The Hall–Kier alpha value is -2.59. The number of methoxy groups -OCH3 is 1. The van der Waals surface area contributed by atoms with Gasteiger partial charge in [0.1, 0.15) is 5.75 Å². The minimum Gasteiger partial charge on any atom is -0.497 e. The van der Waals surface area contributed by atoms with Crippen molar-refractivity contribution in [3.63, 3.8) is 0 Å². The van der Waals surface area contributed by atoms with Gasteiger partial charge in [0.25, 0.3) is 0 Å². The monoisotopic (exact) mass is 389 g/mol. The van der Waals surface area contributed by atoms with Gasteiger partial charge < -0.3 is 10.1 Å². The molecule has 2 aromatic carbocycles. The minimum absolute atomic E-state index is 0.0483. The van der Waals surface area contributed by atoms with Crippen molar-refractivity contribution >= 4 is 0 Å². The average Bonchev–Trinajstić information content (AvgIpc) is 3.33. The van der Waals surface area contributed by atoms with Gasteiger partial charge in [0.15, 0.2) is 0 Å². The quantitative estimate of drug-likeness (QED) is 0.610. The predicted octanol–water partition coefficient (Wildman–Crippen LogP) is 5.12. The maximum Gasteiger partial charge on any atom is 0.118 e. The van der Waals surface area contributed by atoms with Crippen molar-refractivity contribution in [2.24, 2.45) is 0 Å². The molecule has 1 fully saturated rings. The number of rotatable bonds is 7. The molecular formula is C25H31N3O. The molecule has 0 saturated heterocycles. The molecule has 1 aliphatic rings. The van der Waals surface area contributed by atoms with E-state index in [9.17, 15) is 0 Å². The molecule has 0 amide bonds. The van der Waals surface area contributed by atoms with Crippen molar-refractivity contribution in [1.82, 2.24) is 15.1 Å². The molecule has 4 heteroatoms. The summed E-state index contributed by atoms with van der Waals surface area (Å²) in [6, 6.07) is 19.1.